The fourth-order valence-electron chi connectivity index (χ4n) is 2.84. The lowest BCUT2D eigenvalue weighted by Crippen LogP contribution is -2.55. The molecule has 1 spiro atoms. The first kappa shape index (κ1) is 10.3. The molecule has 1 heterocycles. The van der Waals surface area contributed by atoms with Crippen LogP contribution in [0, 0.1) is 5.41 Å². The predicted molar refractivity (Wildman–Crippen MR) is 51.6 cm³/mol. The number of hydrogen-bond acceptors (Lipinski definition) is 2. The molecule has 2 rings (SSSR count). The first-order valence-corrected chi connectivity index (χ1v) is 5.32. The summed E-state index contributed by atoms with van der Waals surface area (Å²) in [5, 5.41) is 3.00. The van der Waals surface area contributed by atoms with Gasteiger partial charge in [-0.2, -0.15) is 0 Å². The summed E-state index contributed by atoms with van der Waals surface area (Å²) in [5.41, 5.74) is 0.323. The lowest BCUT2D eigenvalue weighted by Gasteiger charge is -2.47. The van der Waals surface area contributed by atoms with Crippen molar-refractivity contribution >= 4 is 0 Å². The van der Waals surface area contributed by atoms with Crippen molar-refractivity contribution in [1.82, 2.24) is 10.2 Å². The van der Waals surface area contributed by atoms with Crippen LogP contribution < -0.4 is 5.32 Å². The molecule has 1 aliphatic heterocycles. The topological polar surface area (TPSA) is 15.3 Å². The van der Waals surface area contributed by atoms with Gasteiger partial charge >= 0.3 is 0 Å². The smallest absolute Gasteiger partial charge is 0.250 e. The van der Waals surface area contributed by atoms with E-state index in [2.05, 4.69) is 17.3 Å². The van der Waals surface area contributed by atoms with Crippen LogP contribution in [0.3, 0.4) is 0 Å². The second-order valence-corrected chi connectivity index (χ2v) is 4.74. The van der Waals surface area contributed by atoms with E-state index < -0.39 is 6.43 Å². The number of halogens is 2. The predicted octanol–water partition coefficient (Wildman–Crippen LogP) is 1.33. The molecule has 2 fully saturated rings. The van der Waals surface area contributed by atoms with Gasteiger partial charge in [0.15, 0.2) is 0 Å². The van der Waals surface area contributed by atoms with Gasteiger partial charge in [-0.15, -0.1) is 0 Å². The van der Waals surface area contributed by atoms with Crippen molar-refractivity contribution in [1.29, 1.82) is 0 Å². The molecule has 4 heteroatoms. The fraction of sp³-hybridized carbons (Fsp3) is 1.00. The lowest BCUT2D eigenvalue weighted by atomic mass is 9.64. The van der Waals surface area contributed by atoms with Crippen LogP contribution in [-0.4, -0.2) is 44.0 Å². The van der Waals surface area contributed by atoms with E-state index in [0.717, 1.165) is 19.5 Å². The van der Waals surface area contributed by atoms with Gasteiger partial charge < -0.3 is 10.2 Å². The standard InChI is InChI=1S/C10H18F2N2/c1-14-5-4-10(7-14)3-2-8(10)13-6-9(11)12/h8-9,13H,2-7H2,1H3. The van der Waals surface area contributed by atoms with Crippen LogP contribution in [0.1, 0.15) is 19.3 Å². The normalized spacial score (nSPS) is 38.1. The largest absolute Gasteiger partial charge is 0.308 e. The molecule has 0 amide bonds. The summed E-state index contributed by atoms with van der Waals surface area (Å²) in [4.78, 5) is 2.30. The van der Waals surface area contributed by atoms with Crippen molar-refractivity contribution in [3.8, 4) is 0 Å². The Bertz CT molecular complexity index is 210. The number of rotatable bonds is 3. The van der Waals surface area contributed by atoms with Gasteiger partial charge in [0.1, 0.15) is 0 Å². The summed E-state index contributed by atoms with van der Waals surface area (Å²) in [6, 6.07) is 0.335. The molecule has 0 aromatic rings. The van der Waals surface area contributed by atoms with Gasteiger partial charge in [0.05, 0.1) is 6.54 Å². The van der Waals surface area contributed by atoms with E-state index in [9.17, 15) is 8.78 Å². The highest BCUT2D eigenvalue weighted by atomic mass is 19.3. The van der Waals surface area contributed by atoms with Gasteiger partial charge in [-0.1, -0.05) is 0 Å². The zero-order valence-corrected chi connectivity index (χ0v) is 8.60. The Hall–Kier alpha value is -0.220. The Morgan fingerprint density at radius 3 is 2.71 bits per heavy atom. The van der Waals surface area contributed by atoms with E-state index in [-0.39, 0.29) is 6.54 Å². The lowest BCUT2D eigenvalue weighted by molar-refractivity contribution is 0.0561. The molecule has 2 atom stereocenters. The molecule has 2 nitrogen and oxygen atoms in total. The van der Waals surface area contributed by atoms with E-state index in [4.69, 9.17) is 0 Å². The van der Waals surface area contributed by atoms with Gasteiger partial charge in [-0.05, 0) is 38.3 Å². The second kappa shape index (κ2) is 3.74. The average molecular weight is 204 g/mol. The molecule has 14 heavy (non-hydrogen) atoms. The average Bonchev–Trinajstić information content (AvgIpc) is 2.48. The van der Waals surface area contributed by atoms with Gasteiger partial charge in [0, 0.05) is 12.6 Å². The highest BCUT2D eigenvalue weighted by Crippen LogP contribution is 2.47. The molecule has 1 N–H and O–H groups in total. The van der Waals surface area contributed by atoms with Crippen LogP contribution >= 0.6 is 0 Å². The van der Waals surface area contributed by atoms with Crippen LogP contribution in [0.15, 0.2) is 0 Å². The van der Waals surface area contributed by atoms with E-state index in [1.54, 1.807) is 0 Å². The highest BCUT2D eigenvalue weighted by Gasteiger charge is 2.49. The van der Waals surface area contributed by atoms with E-state index in [1.807, 2.05) is 0 Å². The maximum atomic E-state index is 12.0. The van der Waals surface area contributed by atoms with Crippen LogP contribution in [0.4, 0.5) is 8.78 Å². The molecule has 1 aliphatic carbocycles. The van der Waals surface area contributed by atoms with Crippen molar-refractivity contribution in [3.05, 3.63) is 0 Å². The molecule has 1 saturated heterocycles. The van der Waals surface area contributed by atoms with Crippen molar-refractivity contribution in [2.75, 3.05) is 26.7 Å². The Morgan fingerprint density at radius 2 is 2.29 bits per heavy atom. The summed E-state index contributed by atoms with van der Waals surface area (Å²) >= 11 is 0. The third-order valence-electron chi connectivity index (χ3n) is 3.76. The molecule has 0 aromatic heterocycles. The SMILES string of the molecule is CN1CCC2(CCC2NCC(F)F)C1. The Kier molecular flexibility index (Phi) is 2.75. The second-order valence-electron chi connectivity index (χ2n) is 4.74. The monoisotopic (exact) mass is 204 g/mol. The summed E-state index contributed by atoms with van der Waals surface area (Å²) in [7, 11) is 2.11. The first-order valence-electron chi connectivity index (χ1n) is 5.32. The van der Waals surface area contributed by atoms with E-state index in [0.29, 0.717) is 11.5 Å². The zero-order chi connectivity index (χ0) is 10.2. The third kappa shape index (κ3) is 1.77. The van der Waals surface area contributed by atoms with Crippen LogP contribution in [0.2, 0.25) is 0 Å². The molecular weight excluding hydrogens is 186 g/mol. The number of hydrogen-bond donors (Lipinski definition) is 1. The van der Waals surface area contributed by atoms with E-state index >= 15 is 0 Å². The first-order chi connectivity index (χ1) is 6.62. The van der Waals surface area contributed by atoms with Gasteiger partial charge in [-0.3, -0.25) is 0 Å². The molecule has 0 aromatic carbocycles. The minimum absolute atomic E-state index is 0.143. The molecule has 0 radical (unpaired) electrons. The minimum Gasteiger partial charge on any atom is -0.308 e. The third-order valence-corrected chi connectivity index (χ3v) is 3.76. The van der Waals surface area contributed by atoms with Gasteiger partial charge in [0.25, 0.3) is 6.43 Å². The van der Waals surface area contributed by atoms with Crippen molar-refractivity contribution < 1.29 is 8.78 Å². The summed E-state index contributed by atoms with van der Waals surface area (Å²) in [5.74, 6) is 0. The maximum Gasteiger partial charge on any atom is 0.250 e. The number of nitrogens with one attached hydrogen (secondary N) is 1. The van der Waals surface area contributed by atoms with Gasteiger partial charge in [0.2, 0.25) is 0 Å². The Balaban J connectivity index is 1.83. The molecular formula is C10H18F2N2. The van der Waals surface area contributed by atoms with E-state index in [1.165, 1.54) is 12.8 Å². The molecule has 1 saturated carbocycles. The quantitative estimate of drug-likeness (QED) is 0.746. The zero-order valence-electron chi connectivity index (χ0n) is 8.60. The molecule has 0 bridgehead atoms. The Morgan fingerprint density at radius 1 is 1.50 bits per heavy atom. The van der Waals surface area contributed by atoms with Crippen molar-refractivity contribution in [2.45, 2.75) is 31.7 Å². The molecule has 82 valence electrons. The molecule has 2 aliphatic rings. The minimum atomic E-state index is -2.22. The van der Waals surface area contributed by atoms with Crippen molar-refractivity contribution in [3.63, 3.8) is 0 Å². The molecule has 2 unspecified atom stereocenters. The number of likely N-dealkylation sites (tertiary alicyclic amines) is 1. The summed E-state index contributed by atoms with van der Waals surface area (Å²) in [6.07, 6.45) is 1.23. The fourth-order valence-corrected chi connectivity index (χ4v) is 2.84. The van der Waals surface area contributed by atoms with Gasteiger partial charge in [-0.25, -0.2) is 8.78 Å². The van der Waals surface area contributed by atoms with Crippen LogP contribution in [-0.2, 0) is 0 Å². The Labute approximate surface area is 83.7 Å². The number of nitrogens with zero attached hydrogens (tertiary/aromatic N) is 1. The van der Waals surface area contributed by atoms with Crippen molar-refractivity contribution in [2.24, 2.45) is 5.41 Å². The van der Waals surface area contributed by atoms with Crippen LogP contribution in [0.25, 0.3) is 0 Å². The summed E-state index contributed by atoms with van der Waals surface area (Å²) in [6.45, 7) is 2.05. The van der Waals surface area contributed by atoms with Crippen LogP contribution in [0.5, 0.6) is 0 Å². The summed E-state index contributed by atoms with van der Waals surface area (Å²) < 4.78 is 24.1. The maximum absolute atomic E-state index is 12.0. The highest BCUT2D eigenvalue weighted by molar-refractivity contribution is 5.05. The number of alkyl halides is 2.